The Morgan fingerprint density at radius 3 is 2.86 bits per heavy atom. The number of ether oxygens (including phenoxy) is 1. The van der Waals surface area contributed by atoms with Crippen molar-refractivity contribution < 1.29 is 9.13 Å². The molecule has 0 fully saturated rings. The van der Waals surface area contributed by atoms with Crippen LogP contribution in [0.1, 0.15) is 13.3 Å². The summed E-state index contributed by atoms with van der Waals surface area (Å²) in [5.41, 5.74) is 0. The molecule has 0 rings (SSSR count). The Morgan fingerprint density at radius 2 is 2.43 bits per heavy atom. The largest absolute Gasteiger partial charge is 0.373 e. The van der Waals surface area contributed by atoms with Crippen molar-refractivity contribution in [1.82, 2.24) is 0 Å². The van der Waals surface area contributed by atoms with Crippen LogP contribution < -0.4 is 0 Å². The van der Waals surface area contributed by atoms with Gasteiger partial charge < -0.3 is 4.74 Å². The van der Waals surface area contributed by atoms with Crippen LogP contribution in [0.15, 0.2) is 0 Å². The first kappa shape index (κ1) is 6.89. The van der Waals surface area contributed by atoms with Crippen LogP contribution in [-0.2, 0) is 4.74 Å². The molecule has 0 aromatic heterocycles. The van der Waals surface area contributed by atoms with Crippen molar-refractivity contribution in [2.24, 2.45) is 0 Å². The van der Waals surface area contributed by atoms with Crippen molar-refractivity contribution >= 4 is 0 Å². The molecule has 0 aliphatic heterocycles. The topological polar surface area (TPSA) is 9.23 Å². The Bertz CT molecular complexity index is 27.3. The molecule has 1 nitrogen and oxygen atoms in total. The van der Waals surface area contributed by atoms with Gasteiger partial charge in [-0.3, -0.25) is 0 Å². The molecular weight excluding hydrogens is 95.1 g/mol. The standard InChI is InChI=1S/C5H10FO/c1-2-4-7-5-3-6/h5H,2-4H2,1H3. The smallest absolute Gasteiger partial charge is 0.118 e. The summed E-state index contributed by atoms with van der Waals surface area (Å²) in [6.45, 7) is 3.29. The highest BCUT2D eigenvalue weighted by molar-refractivity contribution is 4.42. The van der Waals surface area contributed by atoms with Crippen LogP contribution in [0.5, 0.6) is 0 Å². The summed E-state index contributed by atoms with van der Waals surface area (Å²) in [6.07, 6.45) is 0.941. The van der Waals surface area contributed by atoms with Crippen molar-refractivity contribution in [3.63, 3.8) is 0 Å². The predicted octanol–water partition coefficient (Wildman–Crippen LogP) is 1.54. The summed E-state index contributed by atoms with van der Waals surface area (Å²) < 4.78 is 15.8. The molecule has 1 radical (unpaired) electrons. The van der Waals surface area contributed by atoms with E-state index >= 15 is 0 Å². The molecule has 0 saturated heterocycles. The zero-order valence-electron chi connectivity index (χ0n) is 4.48. The van der Waals surface area contributed by atoms with Crippen molar-refractivity contribution in [2.75, 3.05) is 13.3 Å². The minimum Gasteiger partial charge on any atom is -0.373 e. The van der Waals surface area contributed by atoms with Gasteiger partial charge in [0.1, 0.15) is 13.3 Å². The van der Waals surface area contributed by atoms with Crippen LogP contribution in [-0.4, -0.2) is 13.3 Å². The van der Waals surface area contributed by atoms with E-state index in [-0.39, 0.29) is 0 Å². The first-order chi connectivity index (χ1) is 3.41. The van der Waals surface area contributed by atoms with E-state index in [2.05, 4.69) is 4.74 Å². The van der Waals surface area contributed by atoms with Gasteiger partial charge in [-0.2, -0.15) is 0 Å². The van der Waals surface area contributed by atoms with Gasteiger partial charge >= 0.3 is 0 Å². The molecule has 0 atom stereocenters. The van der Waals surface area contributed by atoms with Gasteiger partial charge in [-0.1, -0.05) is 6.92 Å². The Balaban J connectivity index is 2.45. The van der Waals surface area contributed by atoms with E-state index in [1.807, 2.05) is 6.92 Å². The monoisotopic (exact) mass is 105 g/mol. The highest BCUT2D eigenvalue weighted by atomic mass is 19.1. The van der Waals surface area contributed by atoms with E-state index in [0.717, 1.165) is 6.42 Å². The second kappa shape index (κ2) is 5.89. The third-order valence-electron chi connectivity index (χ3n) is 0.503. The molecule has 0 N–H and O–H groups in total. The first-order valence-electron chi connectivity index (χ1n) is 2.41. The zero-order valence-corrected chi connectivity index (χ0v) is 4.48. The molecule has 0 aliphatic rings. The summed E-state index contributed by atoms with van der Waals surface area (Å²) in [4.78, 5) is 0. The average molecular weight is 105 g/mol. The summed E-state index contributed by atoms with van der Waals surface area (Å²) in [6, 6.07) is 0. The van der Waals surface area contributed by atoms with Crippen molar-refractivity contribution in [3.05, 3.63) is 6.61 Å². The molecule has 0 spiro atoms. The number of halogens is 1. The van der Waals surface area contributed by atoms with Gasteiger partial charge in [-0.25, -0.2) is 4.39 Å². The van der Waals surface area contributed by atoms with E-state index < -0.39 is 6.67 Å². The zero-order chi connectivity index (χ0) is 5.54. The SMILES string of the molecule is CCCO[CH]CF. The Kier molecular flexibility index (Phi) is 5.80. The molecule has 0 amide bonds. The lowest BCUT2D eigenvalue weighted by Gasteiger charge is -1.92. The minimum atomic E-state index is -0.486. The molecule has 0 heterocycles. The van der Waals surface area contributed by atoms with Gasteiger partial charge in [0.25, 0.3) is 0 Å². The van der Waals surface area contributed by atoms with Crippen LogP contribution in [0.4, 0.5) is 4.39 Å². The van der Waals surface area contributed by atoms with E-state index in [1.54, 1.807) is 0 Å². The molecule has 43 valence electrons. The van der Waals surface area contributed by atoms with Gasteiger partial charge in [-0.15, -0.1) is 0 Å². The fraction of sp³-hybridized carbons (Fsp3) is 0.800. The van der Waals surface area contributed by atoms with Crippen LogP contribution in [0, 0.1) is 6.61 Å². The minimum absolute atomic E-state index is 0.486. The van der Waals surface area contributed by atoms with Crippen LogP contribution in [0.25, 0.3) is 0 Å². The predicted molar refractivity (Wildman–Crippen MR) is 26.5 cm³/mol. The Hall–Kier alpha value is -0.110. The lowest BCUT2D eigenvalue weighted by molar-refractivity contribution is 0.179. The first-order valence-corrected chi connectivity index (χ1v) is 2.41. The number of hydrogen-bond acceptors (Lipinski definition) is 1. The van der Waals surface area contributed by atoms with Gasteiger partial charge in [-0.05, 0) is 6.42 Å². The number of rotatable bonds is 4. The average Bonchev–Trinajstić information content (AvgIpc) is 1.69. The normalized spacial score (nSPS) is 9.43. The number of alkyl halides is 1. The molecule has 0 aliphatic carbocycles. The maximum absolute atomic E-state index is 11.1. The summed E-state index contributed by atoms with van der Waals surface area (Å²) in [7, 11) is 0. The fourth-order valence-corrected chi connectivity index (χ4v) is 0.246. The van der Waals surface area contributed by atoms with Crippen LogP contribution in [0.3, 0.4) is 0 Å². The number of hydrogen-bond donors (Lipinski definition) is 0. The highest BCUT2D eigenvalue weighted by Gasteiger charge is 1.81. The summed E-state index contributed by atoms with van der Waals surface area (Å²) in [5, 5.41) is 0. The van der Waals surface area contributed by atoms with Crippen LogP contribution in [0.2, 0.25) is 0 Å². The van der Waals surface area contributed by atoms with E-state index in [4.69, 9.17) is 0 Å². The van der Waals surface area contributed by atoms with Gasteiger partial charge in [0.2, 0.25) is 0 Å². The second-order valence-corrected chi connectivity index (χ2v) is 1.19. The molecule has 0 saturated carbocycles. The van der Waals surface area contributed by atoms with Crippen molar-refractivity contribution in [1.29, 1.82) is 0 Å². The van der Waals surface area contributed by atoms with Gasteiger partial charge in [0, 0.05) is 6.61 Å². The molecule has 0 unspecified atom stereocenters. The molecule has 0 aromatic carbocycles. The summed E-state index contributed by atoms with van der Waals surface area (Å²) >= 11 is 0. The molecular formula is C5H10FO. The van der Waals surface area contributed by atoms with E-state index in [1.165, 1.54) is 6.61 Å². The van der Waals surface area contributed by atoms with Gasteiger partial charge in [0.05, 0.1) is 0 Å². The van der Waals surface area contributed by atoms with Crippen LogP contribution >= 0.6 is 0 Å². The Morgan fingerprint density at radius 1 is 1.71 bits per heavy atom. The maximum Gasteiger partial charge on any atom is 0.118 e. The highest BCUT2D eigenvalue weighted by Crippen LogP contribution is 1.83. The van der Waals surface area contributed by atoms with Crippen molar-refractivity contribution in [3.8, 4) is 0 Å². The molecule has 0 bridgehead atoms. The third kappa shape index (κ3) is 5.89. The van der Waals surface area contributed by atoms with E-state index in [0.29, 0.717) is 6.61 Å². The van der Waals surface area contributed by atoms with E-state index in [9.17, 15) is 4.39 Å². The third-order valence-corrected chi connectivity index (χ3v) is 0.503. The summed E-state index contributed by atoms with van der Waals surface area (Å²) in [5.74, 6) is 0. The Labute approximate surface area is 43.5 Å². The molecule has 2 heteroatoms. The lowest BCUT2D eigenvalue weighted by Crippen LogP contribution is -1.89. The quantitative estimate of drug-likeness (QED) is 0.493. The molecule has 0 aromatic rings. The fourth-order valence-electron chi connectivity index (χ4n) is 0.246. The lowest BCUT2D eigenvalue weighted by atomic mass is 10.5. The molecule has 7 heavy (non-hydrogen) atoms. The van der Waals surface area contributed by atoms with Crippen molar-refractivity contribution in [2.45, 2.75) is 13.3 Å². The van der Waals surface area contributed by atoms with Gasteiger partial charge in [0.15, 0.2) is 0 Å². The maximum atomic E-state index is 11.1. The second-order valence-electron chi connectivity index (χ2n) is 1.19.